The lowest BCUT2D eigenvalue weighted by Crippen LogP contribution is -2.66. The van der Waals surface area contributed by atoms with Crippen LogP contribution in [-0.2, 0) is 29.5 Å². The highest BCUT2D eigenvalue weighted by Crippen LogP contribution is 2.53. The van der Waals surface area contributed by atoms with Crippen molar-refractivity contribution in [1.82, 2.24) is 10.2 Å². The summed E-state index contributed by atoms with van der Waals surface area (Å²) in [6, 6.07) is 13.3. The first-order valence-corrected chi connectivity index (χ1v) is 17.3. The maximum absolute atomic E-state index is 14.1. The van der Waals surface area contributed by atoms with Crippen LogP contribution in [0, 0.1) is 23.7 Å². The van der Waals surface area contributed by atoms with Gasteiger partial charge < -0.3 is 24.6 Å². The first-order valence-electron chi connectivity index (χ1n) is 16.9. The van der Waals surface area contributed by atoms with E-state index in [1.165, 1.54) is 12.0 Å². The maximum Gasteiger partial charge on any atom is 0.323 e. The topological polar surface area (TPSA) is 138 Å². The van der Waals surface area contributed by atoms with Crippen molar-refractivity contribution in [1.29, 1.82) is 0 Å². The molecule has 1 saturated carbocycles. The molecule has 0 spiro atoms. The van der Waals surface area contributed by atoms with Crippen LogP contribution in [-0.4, -0.2) is 83.7 Å². The molecule has 0 aromatic heterocycles. The minimum absolute atomic E-state index is 0.0257. The number of anilines is 1. The SMILES string of the molecule is CC(=O)O[C@@H]1C(C)=C[C@@H]2[C@H](C(C)CN(C)C(=O)c3ccccc3)CC[C@@H](C)[C@]2(O)[C@H]1OC(=O)[C@@H]1C[C@@]2(O)c3cccc(Cl)c3N(C)O[C@H]2N1. The van der Waals surface area contributed by atoms with Crippen molar-refractivity contribution < 1.29 is 38.9 Å². The first-order chi connectivity index (χ1) is 23.2. The molecule has 264 valence electrons. The normalized spacial score (nSPS) is 34.1. The number of benzene rings is 2. The number of nitrogens with zero attached hydrogens (tertiary/aromatic N) is 2. The van der Waals surface area contributed by atoms with Gasteiger partial charge in [-0.3, -0.25) is 29.6 Å². The zero-order valence-corrected chi connectivity index (χ0v) is 29.5. The van der Waals surface area contributed by atoms with Crippen LogP contribution < -0.4 is 10.4 Å². The van der Waals surface area contributed by atoms with Crippen molar-refractivity contribution in [2.24, 2.45) is 23.7 Å². The van der Waals surface area contributed by atoms with Crippen LogP contribution in [0.1, 0.15) is 62.9 Å². The summed E-state index contributed by atoms with van der Waals surface area (Å²) in [5.41, 5.74) is -0.885. The largest absolute Gasteiger partial charge is 0.454 e. The molecule has 2 fully saturated rings. The van der Waals surface area contributed by atoms with E-state index in [4.69, 9.17) is 25.9 Å². The molecule has 2 aliphatic heterocycles. The second-order valence-corrected chi connectivity index (χ2v) is 14.8. The molecule has 10 atom stereocenters. The molecule has 0 bridgehead atoms. The molecule has 12 heteroatoms. The predicted molar refractivity (Wildman–Crippen MR) is 182 cm³/mol. The van der Waals surface area contributed by atoms with Gasteiger partial charge in [0, 0.05) is 51.0 Å². The third kappa shape index (κ3) is 6.14. The number of carbonyl (C=O) groups excluding carboxylic acids is 3. The molecular weight excluding hydrogens is 650 g/mol. The zero-order chi connectivity index (χ0) is 35.4. The zero-order valence-electron chi connectivity index (χ0n) is 28.8. The smallest absolute Gasteiger partial charge is 0.323 e. The van der Waals surface area contributed by atoms with E-state index in [0.717, 1.165) is 6.42 Å². The van der Waals surface area contributed by atoms with E-state index in [-0.39, 0.29) is 30.1 Å². The molecule has 1 amide bonds. The summed E-state index contributed by atoms with van der Waals surface area (Å²) >= 11 is 6.45. The number of hydrogen-bond acceptors (Lipinski definition) is 10. The van der Waals surface area contributed by atoms with Crippen molar-refractivity contribution in [3.8, 4) is 0 Å². The number of aliphatic hydroxyl groups is 2. The monoisotopic (exact) mass is 695 g/mol. The van der Waals surface area contributed by atoms with Gasteiger partial charge in [-0.05, 0) is 61.3 Å². The highest BCUT2D eigenvalue weighted by molar-refractivity contribution is 6.33. The lowest BCUT2D eigenvalue weighted by molar-refractivity contribution is -0.225. The Morgan fingerprint density at radius 2 is 1.84 bits per heavy atom. The Hall–Kier alpha value is -3.48. The van der Waals surface area contributed by atoms with Gasteiger partial charge in [-0.15, -0.1) is 0 Å². The van der Waals surface area contributed by atoms with Crippen LogP contribution in [0.15, 0.2) is 60.2 Å². The van der Waals surface area contributed by atoms with E-state index in [0.29, 0.717) is 40.4 Å². The Bertz CT molecular complexity index is 1640. The van der Waals surface area contributed by atoms with Gasteiger partial charge in [0.05, 0.1) is 10.7 Å². The Labute approximate surface area is 292 Å². The van der Waals surface area contributed by atoms with Crippen LogP contribution in [0.4, 0.5) is 5.69 Å². The molecule has 2 heterocycles. The van der Waals surface area contributed by atoms with Crippen LogP contribution in [0.5, 0.6) is 0 Å². The summed E-state index contributed by atoms with van der Waals surface area (Å²) in [5.74, 6) is -2.24. The van der Waals surface area contributed by atoms with Crippen molar-refractivity contribution in [3.63, 3.8) is 0 Å². The second kappa shape index (κ2) is 13.3. The lowest BCUT2D eigenvalue weighted by atomic mass is 9.55. The van der Waals surface area contributed by atoms with Gasteiger partial charge in [-0.2, -0.15) is 0 Å². The van der Waals surface area contributed by atoms with Gasteiger partial charge in [0.2, 0.25) is 0 Å². The third-order valence-corrected chi connectivity index (χ3v) is 11.5. The minimum Gasteiger partial charge on any atom is -0.454 e. The number of esters is 2. The predicted octanol–water partition coefficient (Wildman–Crippen LogP) is 4.20. The van der Waals surface area contributed by atoms with Crippen molar-refractivity contribution in [2.75, 3.05) is 25.7 Å². The molecule has 11 nitrogen and oxygen atoms in total. The Morgan fingerprint density at radius 1 is 1.12 bits per heavy atom. The molecule has 49 heavy (non-hydrogen) atoms. The van der Waals surface area contributed by atoms with Gasteiger partial charge in [0.25, 0.3) is 5.91 Å². The van der Waals surface area contributed by atoms with Crippen molar-refractivity contribution in [3.05, 3.63) is 76.3 Å². The highest BCUT2D eigenvalue weighted by Gasteiger charge is 2.62. The van der Waals surface area contributed by atoms with Crippen molar-refractivity contribution in [2.45, 2.75) is 82.6 Å². The van der Waals surface area contributed by atoms with Crippen LogP contribution in [0.3, 0.4) is 0 Å². The number of hydroxylamine groups is 1. The average Bonchev–Trinajstić information content (AvgIpc) is 3.41. The van der Waals surface area contributed by atoms with Gasteiger partial charge in [-0.25, -0.2) is 0 Å². The molecule has 2 aromatic rings. The molecule has 0 radical (unpaired) electrons. The molecule has 2 aromatic carbocycles. The van der Waals surface area contributed by atoms with Gasteiger partial charge >= 0.3 is 11.9 Å². The summed E-state index contributed by atoms with van der Waals surface area (Å²) in [6.07, 6.45) is 0.0971. The van der Waals surface area contributed by atoms with Crippen LogP contribution in [0.2, 0.25) is 5.02 Å². The number of ether oxygens (including phenoxy) is 2. The molecule has 6 rings (SSSR count). The summed E-state index contributed by atoms with van der Waals surface area (Å²) < 4.78 is 12.0. The summed E-state index contributed by atoms with van der Waals surface area (Å²) in [4.78, 5) is 47.3. The van der Waals surface area contributed by atoms with E-state index >= 15 is 0 Å². The molecule has 4 aliphatic rings. The number of carbonyl (C=O) groups is 3. The standard InChI is InChI=1S/C37H46ClN3O8/c1-20-17-27-25(21(2)19-40(5)33(43)24-11-8-7-9-12-24)16-15-22(3)37(27,46)32(31(20)47-23(4)42)48-34(44)29-18-36(45)26-13-10-14-28(38)30(26)41(6)49-35(36)39-29/h7-14,17,21-22,25,27,29,31-32,35,39,45-46H,15-16,18-19H2,1-6H3/t21?,22-,25+,27-,29+,31-,32+,35-,36-,37-/m1/s1. The number of rotatable bonds is 7. The maximum atomic E-state index is 14.1. The molecule has 1 saturated heterocycles. The fourth-order valence-electron chi connectivity index (χ4n) is 8.61. The number of nitrogens with one attached hydrogen (secondary N) is 1. The summed E-state index contributed by atoms with van der Waals surface area (Å²) in [5, 5.41) is 29.6. The summed E-state index contributed by atoms with van der Waals surface area (Å²) in [6.45, 7) is 7.55. The van der Waals surface area contributed by atoms with Gasteiger partial charge in [0.1, 0.15) is 17.2 Å². The van der Waals surface area contributed by atoms with Crippen molar-refractivity contribution >= 4 is 35.1 Å². The Morgan fingerprint density at radius 3 is 2.53 bits per heavy atom. The number of para-hydroxylation sites is 1. The lowest BCUT2D eigenvalue weighted by Gasteiger charge is -2.56. The fourth-order valence-corrected chi connectivity index (χ4v) is 8.91. The van der Waals surface area contributed by atoms with E-state index in [9.17, 15) is 24.6 Å². The molecule has 1 unspecified atom stereocenters. The third-order valence-electron chi connectivity index (χ3n) is 11.2. The number of halogens is 1. The minimum atomic E-state index is -1.59. The Kier molecular flexibility index (Phi) is 9.62. The second-order valence-electron chi connectivity index (χ2n) is 14.3. The van der Waals surface area contributed by atoms with E-state index in [1.807, 2.05) is 38.1 Å². The molecule has 3 N–H and O–H groups in total. The average molecular weight is 696 g/mol. The van der Waals surface area contributed by atoms with Crippen LogP contribution in [0.25, 0.3) is 0 Å². The van der Waals surface area contributed by atoms with E-state index < -0.39 is 53.5 Å². The number of hydrogen-bond donors (Lipinski definition) is 3. The summed E-state index contributed by atoms with van der Waals surface area (Å²) in [7, 11) is 3.45. The van der Waals surface area contributed by atoms with Crippen LogP contribution >= 0.6 is 11.6 Å². The molecule has 2 aliphatic carbocycles. The first kappa shape index (κ1) is 35.3. The van der Waals surface area contributed by atoms with Gasteiger partial charge in [-0.1, -0.05) is 61.9 Å². The number of fused-ring (bicyclic) bond motifs is 4. The molecular formula is C37H46ClN3O8. The van der Waals surface area contributed by atoms with E-state index in [1.54, 1.807) is 49.3 Å². The number of amides is 1. The quantitative estimate of drug-likeness (QED) is 0.286. The highest BCUT2D eigenvalue weighted by atomic mass is 35.5. The Balaban J connectivity index is 1.27. The fraction of sp³-hybridized carbons (Fsp3) is 0.541. The van der Waals surface area contributed by atoms with Gasteiger partial charge in [0.15, 0.2) is 18.4 Å². The van der Waals surface area contributed by atoms with E-state index in [2.05, 4.69) is 12.2 Å².